The smallest absolute Gasteiger partial charge is 0.267 e. The summed E-state index contributed by atoms with van der Waals surface area (Å²) in [5.74, 6) is 0.194. The maximum atomic E-state index is 11.9. The molecule has 0 aliphatic heterocycles. The zero-order valence-electron chi connectivity index (χ0n) is 27.2. The van der Waals surface area contributed by atoms with Crippen LogP contribution in [0.25, 0.3) is 0 Å². The van der Waals surface area contributed by atoms with Gasteiger partial charge in [-0.05, 0) is 40.5 Å². The van der Waals surface area contributed by atoms with Gasteiger partial charge in [0, 0.05) is 0 Å². The molecule has 0 aromatic heterocycles. The quantitative estimate of drug-likeness (QED) is 0.0541. The fourth-order valence-electron chi connectivity index (χ4n) is 5.12. The Labute approximate surface area is 241 Å². The lowest BCUT2D eigenvalue weighted by molar-refractivity contribution is -0.921. The SMILES string of the molecule is CCCCCCCCCCCCCCCCOS(=O)(=O)CCCCCCCCC.CC[N+](CC)(CC)CC. The average Bonchev–Trinajstić information content (AvgIpc) is 2.92. The highest BCUT2D eigenvalue weighted by atomic mass is 32.2. The van der Waals surface area contributed by atoms with Crippen molar-refractivity contribution in [3.05, 3.63) is 0 Å². The molecule has 0 aliphatic rings. The van der Waals surface area contributed by atoms with Crippen LogP contribution in [0.2, 0.25) is 0 Å². The van der Waals surface area contributed by atoms with Crippen molar-refractivity contribution in [1.82, 2.24) is 0 Å². The predicted octanol–water partition coefficient (Wildman–Crippen LogP) is 10.4. The molecule has 0 bridgehead atoms. The largest absolute Gasteiger partial charge is 0.325 e. The molecule has 232 valence electrons. The molecule has 4 nitrogen and oxygen atoms in total. The Morgan fingerprint density at radius 1 is 0.421 bits per heavy atom. The molecular formula is C33H72NO3S+. The molecule has 0 aromatic carbocycles. The van der Waals surface area contributed by atoms with Crippen molar-refractivity contribution >= 4 is 10.1 Å². The predicted molar refractivity (Wildman–Crippen MR) is 170 cm³/mol. The molecule has 5 heteroatoms. The van der Waals surface area contributed by atoms with E-state index in [1.54, 1.807) is 0 Å². The fourth-order valence-corrected chi connectivity index (χ4v) is 6.17. The van der Waals surface area contributed by atoms with Crippen molar-refractivity contribution in [1.29, 1.82) is 0 Å². The molecule has 0 amide bonds. The van der Waals surface area contributed by atoms with Gasteiger partial charge in [-0.2, -0.15) is 8.42 Å². The molecule has 0 spiro atoms. The fraction of sp³-hybridized carbons (Fsp3) is 1.00. The third-order valence-electron chi connectivity index (χ3n) is 8.44. The van der Waals surface area contributed by atoms with Crippen molar-refractivity contribution in [3.8, 4) is 0 Å². The Bertz CT molecular complexity index is 529. The molecule has 0 saturated heterocycles. The van der Waals surface area contributed by atoms with Gasteiger partial charge in [-0.25, -0.2) is 0 Å². The zero-order valence-corrected chi connectivity index (χ0v) is 28.0. The van der Waals surface area contributed by atoms with Crippen LogP contribution in [0.1, 0.15) is 176 Å². The maximum absolute atomic E-state index is 11.9. The minimum atomic E-state index is -3.30. The molecule has 0 heterocycles. The van der Waals surface area contributed by atoms with Gasteiger partial charge in [0.25, 0.3) is 10.1 Å². The first-order valence-electron chi connectivity index (χ1n) is 17.1. The Balaban J connectivity index is 0. The van der Waals surface area contributed by atoms with E-state index in [2.05, 4.69) is 41.5 Å². The van der Waals surface area contributed by atoms with E-state index in [0.717, 1.165) is 32.1 Å². The van der Waals surface area contributed by atoms with Gasteiger partial charge in [0.1, 0.15) is 0 Å². The lowest BCUT2D eigenvalue weighted by Crippen LogP contribution is -2.47. The highest BCUT2D eigenvalue weighted by Crippen LogP contribution is 2.13. The summed E-state index contributed by atoms with van der Waals surface area (Å²) in [5, 5.41) is 0. The van der Waals surface area contributed by atoms with Crippen LogP contribution in [-0.2, 0) is 14.3 Å². The first kappa shape index (κ1) is 40.0. The second-order valence-electron chi connectivity index (χ2n) is 11.4. The molecular weight excluding hydrogens is 490 g/mol. The normalized spacial score (nSPS) is 11.9. The Kier molecular flexibility index (Phi) is 31.4. The summed E-state index contributed by atoms with van der Waals surface area (Å²) in [6, 6.07) is 0. The molecule has 0 saturated carbocycles. The summed E-state index contributed by atoms with van der Waals surface area (Å²) in [5.41, 5.74) is 0. The van der Waals surface area contributed by atoms with E-state index >= 15 is 0 Å². The average molecular weight is 563 g/mol. The van der Waals surface area contributed by atoms with E-state index in [4.69, 9.17) is 4.18 Å². The molecule has 0 aromatic rings. The lowest BCUT2D eigenvalue weighted by atomic mass is 10.0. The van der Waals surface area contributed by atoms with Gasteiger partial charge >= 0.3 is 0 Å². The van der Waals surface area contributed by atoms with Crippen LogP contribution < -0.4 is 0 Å². The molecule has 38 heavy (non-hydrogen) atoms. The Hall–Kier alpha value is -0.130. The first-order valence-corrected chi connectivity index (χ1v) is 18.7. The highest BCUT2D eigenvalue weighted by Gasteiger charge is 2.16. The number of unbranched alkanes of at least 4 members (excludes halogenated alkanes) is 19. The Morgan fingerprint density at radius 3 is 1.00 bits per heavy atom. The van der Waals surface area contributed by atoms with Crippen LogP contribution in [0.4, 0.5) is 0 Å². The zero-order chi connectivity index (χ0) is 28.8. The number of nitrogens with zero attached hydrogens (tertiary/aromatic N) is 1. The first-order chi connectivity index (χ1) is 18.4. The standard InChI is InChI=1S/C25H52O3S.C8H20N/c1-3-5-7-9-11-12-13-14-15-16-17-18-20-22-24-28-29(26,27)25-23-21-19-10-8-6-4-2;1-5-9(6-2,7-3)8-4/h3-25H2,1-2H3;5-8H2,1-4H3/q;+1. The minimum Gasteiger partial charge on any atom is -0.325 e. The van der Waals surface area contributed by atoms with E-state index in [1.807, 2.05) is 0 Å². The van der Waals surface area contributed by atoms with Crippen molar-refractivity contribution in [2.75, 3.05) is 38.5 Å². The summed E-state index contributed by atoms with van der Waals surface area (Å²) in [6.07, 6.45) is 26.3. The third-order valence-corrected chi connectivity index (χ3v) is 9.76. The molecule has 0 atom stereocenters. The highest BCUT2D eigenvalue weighted by molar-refractivity contribution is 7.86. The van der Waals surface area contributed by atoms with Crippen molar-refractivity contribution < 1.29 is 17.1 Å². The maximum Gasteiger partial charge on any atom is 0.267 e. The van der Waals surface area contributed by atoms with E-state index < -0.39 is 10.1 Å². The summed E-state index contributed by atoms with van der Waals surface area (Å²) >= 11 is 0. The Morgan fingerprint density at radius 2 is 0.711 bits per heavy atom. The number of rotatable bonds is 28. The van der Waals surface area contributed by atoms with Crippen LogP contribution in [0.5, 0.6) is 0 Å². The van der Waals surface area contributed by atoms with Crippen molar-refractivity contribution in [2.45, 2.75) is 176 Å². The van der Waals surface area contributed by atoms with Crippen LogP contribution in [-0.4, -0.2) is 51.4 Å². The number of quaternary nitrogens is 1. The summed E-state index contributed by atoms with van der Waals surface area (Å²) < 4.78 is 30.2. The van der Waals surface area contributed by atoms with Crippen molar-refractivity contribution in [2.24, 2.45) is 0 Å². The van der Waals surface area contributed by atoms with Gasteiger partial charge in [0.2, 0.25) is 0 Å². The van der Waals surface area contributed by atoms with Crippen LogP contribution in [0.3, 0.4) is 0 Å². The monoisotopic (exact) mass is 563 g/mol. The molecule has 0 aliphatic carbocycles. The van der Waals surface area contributed by atoms with Crippen molar-refractivity contribution in [3.63, 3.8) is 0 Å². The summed E-state index contributed by atoms with van der Waals surface area (Å²) in [7, 11) is -3.30. The van der Waals surface area contributed by atoms with Crippen LogP contribution in [0.15, 0.2) is 0 Å². The third kappa shape index (κ3) is 27.4. The molecule has 0 N–H and O–H groups in total. The van der Waals surface area contributed by atoms with Crippen LogP contribution in [0, 0.1) is 0 Å². The van der Waals surface area contributed by atoms with E-state index in [9.17, 15) is 8.42 Å². The number of hydrogen-bond donors (Lipinski definition) is 0. The molecule has 0 unspecified atom stereocenters. The van der Waals surface area contributed by atoms with E-state index in [-0.39, 0.29) is 5.75 Å². The van der Waals surface area contributed by atoms with Gasteiger partial charge in [0.15, 0.2) is 0 Å². The molecule has 0 fully saturated rings. The van der Waals surface area contributed by atoms with E-state index in [0.29, 0.717) is 6.61 Å². The van der Waals surface area contributed by atoms with Gasteiger partial charge in [-0.3, -0.25) is 4.18 Å². The molecule has 0 radical (unpaired) electrons. The lowest BCUT2D eigenvalue weighted by Gasteiger charge is -2.34. The van der Waals surface area contributed by atoms with Gasteiger partial charge in [-0.1, -0.05) is 136 Å². The summed E-state index contributed by atoms with van der Waals surface area (Å²) in [4.78, 5) is 0. The topological polar surface area (TPSA) is 43.4 Å². The summed E-state index contributed by atoms with van der Waals surface area (Å²) in [6.45, 7) is 19.1. The number of hydrogen-bond acceptors (Lipinski definition) is 3. The van der Waals surface area contributed by atoms with E-state index in [1.165, 1.54) is 133 Å². The van der Waals surface area contributed by atoms with Gasteiger partial charge in [-0.15, -0.1) is 0 Å². The van der Waals surface area contributed by atoms with Gasteiger partial charge < -0.3 is 4.48 Å². The second-order valence-corrected chi connectivity index (χ2v) is 13.2. The minimum absolute atomic E-state index is 0.194. The molecule has 0 rings (SSSR count). The van der Waals surface area contributed by atoms with Crippen LogP contribution >= 0.6 is 0 Å². The second kappa shape index (κ2) is 29.8. The van der Waals surface area contributed by atoms with Gasteiger partial charge in [0.05, 0.1) is 38.5 Å².